The summed E-state index contributed by atoms with van der Waals surface area (Å²) < 4.78 is 1.03. The standard InChI is InChI=1S/C13H9ClN2S/c1-8-2-3-9(7-16-8)12-6-11-13(17-12)10(14)4-5-15-11/h2-7H,1H3. The number of thiophene rings is 1. The van der Waals surface area contributed by atoms with Crippen LogP contribution in [0.5, 0.6) is 0 Å². The van der Waals surface area contributed by atoms with Crippen LogP contribution in [0.25, 0.3) is 20.7 Å². The van der Waals surface area contributed by atoms with E-state index in [4.69, 9.17) is 11.6 Å². The molecule has 0 fully saturated rings. The van der Waals surface area contributed by atoms with Gasteiger partial charge in [0.2, 0.25) is 0 Å². The summed E-state index contributed by atoms with van der Waals surface area (Å²) in [5.41, 5.74) is 3.07. The van der Waals surface area contributed by atoms with Crippen molar-refractivity contribution in [3.63, 3.8) is 0 Å². The third kappa shape index (κ3) is 1.92. The lowest BCUT2D eigenvalue weighted by Gasteiger charge is -1.96. The molecule has 0 N–H and O–H groups in total. The second kappa shape index (κ2) is 4.09. The quantitative estimate of drug-likeness (QED) is 0.651. The summed E-state index contributed by atoms with van der Waals surface area (Å²) in [4.78, 5) is 9.76. The molecule has 0 aliphatic heterocycles. The molecule has 0 saturated carbocycles. The Morgan fingerprint density at radius 1 is 1.18 bits per heavy atom. The first kappa shape index (κ1) is 10.7. The van der Waals surface area contributed by atoms with Crippen LogP contribution < -0.4 is 0 Å². The summed E-state index contributed by atoms with van der Waals surface area (Å²) in [6.45, 7) is 1.98. The molecule has 0 saturated heterocycles. The first-order chi connectivity index (χ1) is 8.24. The van der Waals surface area contributed by atoms with Gasteiger partial charge in [-0.1, -0.05) is 17.7 Å². The number of hydrogen-bond acceptors (Lipinski definition) is 3. The number of hydrogen-bond donors (Lipinski definition) is 0. The van der Waals surface area contributed by atoms with Crippen molar-refractivity contribution in [1.29, 1.82) is 0 Å². The zero-order valence-electron chi connectivity index (χ0n) is 9.14. The average Bonchev–Trinajstić information content (AvgIpc) is 2.75. The molecule has 3 heterocycles. The molecule has 0 aliphatic carbocycles. The largest absolute Gasteiger partial charge is 0.261 e. The van der Waals surface area contributed by atoms with Crippen LogP contribution in [0.3, 0.4) is 0 Å². The number of aryl methyl sites for hydroxylation is 1. The van der Waals surface area contributed by atoms with Gasteiger partial charge >= 0.3 is 0 Å². The fraction of sp³-hybridized carbons (Fsp3) is 0.0769. The Morgan fingerprint density at radius 3 is 2.76 bits per heavy atom. The van der Waals surface area contributed by atoms with Crippen LogP contribution in [0, 0.1) is 6.92 Å². The van der Waals surface area contributed by atoms with Gasteiger partial charge in [-0.3, -0.25) is 9.97 Å². The molecule has 0 unspecified atom stereocenters. The molecular formula is C13H9ClN2S. The van der Waals surface area contributed by atoms with Gasteiger partial charge in [-0.2, -0.15) is 0 Å². The van der Waals surface area contributed by atoms with Gasteiger partial charge in [0.05, 0.1) is 15.2 Å². The van der Waals surface area contributed by atoms with Crippen LogP contribution in [-0.2, 0) is 0 Å². The molecule has 0 spiro atoms. The summed E-state index contributed by atoms with van der Waals surface area (Å²) in [5, 5.41) is 0.756. The summed E-state index contributed by atoms with van der Waals surface area (Å²) >= 11 is 7.79. The van der Waals surface area contributed by atoms with E-state index >= 15 is 0 Å². The molecule has 84 valence electrons. The average molecular weight is 261 g/mol. The van der Waals surface area contributed by atoms with Crippen molar-refractivity contribution in [3.05, 3.63) is 47.4 Å². The predicted molar refractivity (Wildman–Crippen MR) is 72.6 cm³/mol. The van der Waals surface area contributed by atoms with E-state index in [1.54, 1.807) is 17.5 Å². The number of rotatable bonds is 1. The molecule has 3 rings (SSSR count). The number of pyridine rings is 2. The van der Waals surface area contributed by atoms with Gasteiger partial charge in [-0.25, -0.2) is 0 Å². The van der Waals surface area contributed by atoms with Gasteiger partial charge in [-0.05, 0) is 25.1 Å². The zero-order valence-corrected chi connectivity index (χ0v) is 10.7. The van der Waals surface area contributed by atoms with Crippen molar-refractivity contribution in [2.24, 2.45) is 0 Å². The predicted octanol–water partition coefficient (Wildman–Crippen LogP) is 4.32. The van der Waals surface area contributed by atoms with Crippen molar-refractivity contribution in [2.75, 3.05) is 0 Å². The first-order valence-electron chi connectivity index (χ1n) is 5.21. The molecular weight excluding hydrogens is 252 g/mol. The van der Waals surface area contributed by atoms with E-state index in [1.807, 2.05) is 25.3 Å². The van der Waals surface area contributed by atoms with Gasteiger partial charge in [0, 0.05) is 28.5 Å². The van der Waals surface area contributed by atoms with Crippen LogP contribution in [0.15, 0.2) is 36.7 Å². The number of fused-ring (bicyclic) bond motifs is 1. The molecule has 0 amide bonds. The van der Waals surface area contributed by atoms with Crippen LogP contribution in [0.2, 0.25) is 5.02 Å². The molecule has 2 nitrogen and oxygen atoms in total. The molecule has 0 radical (unpaired) electrons. The minimum Gasteiger partial charge on any atom is -0.261 e. The number of aromatic nitrogens is 2. The lowest BCUT2D eigenvalue weighted by molar-refractivity contribution is 1.20. The SMILES string of the molecule is Cc1ccc(-c2cc3nccc(Cl)c3s2)cn1. The molecule has 17 heavy (non-hydrogen) atoms. The van der Waals surface area contributed by atoms with Crippen LogP contribution in [0.1, 0.15) is 5.69 Å². The van der Waals surface area contributed by atoms with E-state index in [1.165, 1.54) is 0 Å². The summed E-state index contributed by atoms with van der Waals surface area (Å²) in [6, 6.07) is 7.95. The molecule has 0 bridgehead atoms. The van der Waals surface area contributed by atoms with Crippen molar-refractivity contribution in [2.45, 2.75) is 6.92 Å². The maximum absolute atomic E-state index is 6.14. The normalized spacial score (nSPS) is 10.9. The fourth-order valence-corrected chi connectivity index (χ4v) is 2.94. The monoisotopic (exact) mass is 260 g/mol. The molecule has 3 aromatic rings. The first-order valence-corrected chi connectivity index (χ1v) is 6.40. The Bertz CT molecular complexity index is 673. The number of nitrogens with zero attached hydrogens (tertiary/aromatic N) is 2. The Labute approximate surface area is 108 Å². The van der Waals surface area contributed by atoms with Gasteiger partial charge in [0.15, 0.2) is 0 Å². The van der Waals surface area contributed by atoms with Crippen LogP contribution in [-0.4, -0.2) is 9.97 Å². The van der Waals surface area contributed by atoms with E-state index in [0.717, 1.165) is 31.4 Å². The van der Waals surface area contributed by atoms with Gasteiger partial charge in [0.1, 0.15) is 0 Å². The van der Waals surface area contributed by atoms with E-state index in [9.17, 15) is 0 Å². The van der Waals surface area contributed by atoms with Crippen LogP contribution in [0.4, 0.5) is 0 Å². The summed E-state index contributed by atoms with van der Waals surface area (Å²) in [7, 11) is 0. The summed E-state index contributed by atoms with van der Waals surface area (Å²) in [5.74, 6) is 0. The smallest absolute Gasteiger partial charge is 0.0831 e. The van der Waals surface area contributed by atoms with Crippen molar-refractivity contribution in [1.82, 2.24) is 9.97 Å². The lowest BCUT2D eigenvalue weighted by atomic mass is 10.2. The van der Waals surface area contributed by atoms with Crippen molar-refractivity contribution in [3.8, 4) is 10.4 Å². The molecule has 0 aliphatic rings. The highest BCUT2D eigenvalue weighted by molar-refractivity contribution is 7.22. The van der Waals surface area contributed by atoms with Gasteiger partial charge in [0.25, 0.3) is 0 Å². The lowest BCUT2D eigenvalue weighted by Crippen LogP contribution is -1.79. The van der Waals surface area contributed by atoms with Crippen LogP contribution >= 0.6 is 22.9 Å². The molecule has 4 heteroatoms. The van der Waals surface area contributed by atoms with Crippen molar-refractivity contribution < 1.29 is 0 Å². The maximum Gasteiger partial charge on any atom is 0.0831 e. The maximum atomic E-state index is 6.14. The third-order valence-electron chi connectivity index (χ3n) is 2.56. The highest BCUT2D eigenvalue weighted by Crippen LogP contribution is 2.35. The van der Waals surface area contributed by atoms with Crippen molar-refractivity contribution >= 4 is 33.2 Å². The Hall–Kier alpha value is -1.45. The van der Waals surface area contributed by atoms with Gasteiger partial charge < -0.3 is 0 Å². The van der Waals surface area contributed by atoms with E-state index in [2.05, 4.69) is 22.1 Å². The highest BCUT2D eigenvalue weighted by Gasteiger charge is 2.07. The van der Waals surface area contributed by atoms with Gasteiger partial charge in [-0.15, -0.1) is 11.3 Å². The minimum absolute atomic E-state index is 0.756. The Kier molecular flexibility index (Phi) is 2.57. The number of halogens is 1. The third-order valence-corrected chi connectivity index (χ3v) is 4.19. The van der Waals surface area contributed by atoms with E-state index in [0.29, 0.717) is 0 Å². The fourth-order valence-electron chi connectivity index (χ4n) is 1.66. The summed E-state index contributed by atoms with van der Waals surface area (Å²) in [6.07, 6.45) is 3.61. The highest BCUT2D eigenvalue weighted by atomic mass is 35.5. The molecule has 0 atom stereocenters. The molecule has 3 aromatic heterocycles. The second-order valence-corrected chi connectivity index (χ2v) is 5.27. The Balaban J connectivity index is 2.18. The second-order valence-electron chi connectivity index (χ2n) is 3.81. The van der Waals surface area contributed by atoms with E-state index in [-0.39, 0.29) is 0 Å². The van der Waals surface area contributed by atoms with E-state index < -0.39 is 0 Å². The minimum atomic E-state index is 0.756. The topological polar surface area (TPSA) is 25.8 Å². The molecule has 0 aromatic carbocycles. The zero-order chi connectivity index (χ0) is 11.8. The Morgan fingerprint density at radius 2 is 2.06 bits per heavy atom.